The molecule has 40 valence electrons. The van der Waals surface area contributed by atoms with Crippen molar-refractivity contribution in [2.75, 3.05) is 0 Å². The summed E-state index contributed by atoms with van der Waals surface area (Å²) in [6.45, 7) is 2.00. The fraction of sp³-hybridized carbons (Fsp3) is 0. The van der Waals surface area contributed by atoms with Gasteiger partial charge in [0.25, 0.3) is 0 Å². The molecule has 0 heterocycles. The van der Waals surface area contributed by atoms with Gasteiger partial charge in [0, 0.05) is 0 Å². The van der Waals surface area contributed by atoms with Crippen molar-refractivity contribution in [1.82, 2.24) is 0 Å². The van der Waals surface area contributed by atoms with Crippen LogP contribution >= 0.6 is 19.8 Å². The van der Waals surface area contributed by atoms with Crippen LogP contribution in [0.5, 0.6) is 0 Å². The third-order valence-corrected chi connectivity index (χ3v) is 0. The first-order valence-corrected chi connectivity index (χ1v) is 0.289. The van der Waals surface area contributed by atoms with E-state index in [4.69, 9.17) is 4.79 Å². The molecule has 0 amide bonds. The van der Waals surface area contributed by atoms with Crippen molar-refractivity contribution in [3.8, 4) is 0 Å². The molecule has 0 radical (unpaired) electrons. The van der Waals surface area contributed by atoms with Gasteiger partial charge in [0.05, 0.1) is 0 Å². The largest absolute Gasteiger partial charge is 3.00 e. The van der Waals surface area contributed by atoms with Crippen molar-refractivity contribution in [3.05, 3.63) is 0 Å². The second-order valence-electron chi connectivity index (χ2n) is 0. The summed E-state index contributed by atoms with van der Waals surface area (Å²) in [6, 6.07) is 0. The number of rotatable bonds is 0. The molecule has 4 heteroatoms. The van der Waals surface area contributed by atoms with E-state index in [1.54, 1.807) is 0 Å². The maximum atomic E-state index is 8.00. The fourth-order valence-corrected chi connectivity index (χ4v) is 0. The molecule has 5 heavy (non-hydrogen) atoms. The van der Waals surface area contributed by atoms with E-state index in [9.17, 15) is 0 Å². The molecule has 0 rings (SSSR count). The van der Waals surface area contributed by atoms with E-state index in [2.05, 4.69) is 0 Å². The minimum atomic E-state index is 0. The zero-order chi connectivity index (χ0) is 2.00. The molecule has 0 aliphatic heterocycles. The van der Waals surface area contributed by atoms with Crippen molar-refractivity contribution < 1.29 is 28.6 Å². The molecule has 0 saturated heterocycles. The summed E-state index contributed by atoms with van der Waals surface area (Å²) in [5.41, 5.74) is 0. The van der Waals surface area contributed by atoms with Gasteiger partial charge in [0.1, 0.15) is 6.79 Å². The Bertz CT molecular complexity index is 17.2. The number of carbonyl (C=O) groups excluding carboxylic acids is 1. The van der Waals surface area contributed by atoms with Gasteiger partial charge >= 0.3 is 19.5 Å². The van der Waals surface area contributed by atoms with Gasteiger partial charge in [-0.05, 0) is 0 Å². The first-order valence-electron chi connectivity index (χ1n) is 0.289. The van der Waals surface area contributed by atoms with Crippen molar-refractivity contribution >= 4 is 26.6 Å². The minimum absolute atomic E-state index is 0. The Morgan fingerprint density at radius 2 is 1.20 bits per heavy atom. The van der Waals surface area contributed by atoms with Crippen LogP contribution in [0.1, 0.15) is 4.28 Å². The summed E-state index contributed by atoms with van der Waals surface area (Å²) in [7, 11) is 0. The predicted octanol–water partition coefficient (Wildman–Crippen LogP) is 0.266. The quantitative estimate of drug-likeness (QED) is 0.408. The molecule has 0 aromatic rings. The topological polar surface area (TPSA) is 17.1 Å². The van der Waals surface area contributed by atoms with Crippen molar-refractivity contribution in [2.24, 2.45) is 0 Å². The van der Waals surface area contributed by atoms with Gasteiger partial charge in [0.2, 0.25) is 0 Å². The van der Waals surface area contributed by atoms with E-state index in [1.165, 1.54) is 0 Å². The van der Waals surface area contributed by atoms with Gasteiger partial charge in [-0.3, -0.25) is 0 Å². The van der Waals surface area contributed by atoms with E-state index < -0.39 is 0 Å². The molecule has 0 aliphatic rings. The molecule has 0 aromatic heterocycles. The van der Waals surface area contributed by atoms with Gasteiger partial charge in [-0.15, -0.1) is 0 Å². The average molecular weight is 204 g/mol. The second-order valence-corrected chi connectivity index (χ2v) is 0. The molecule has 0 saturated carbocycles. The molecule has 1 nitrogen and oxygen atoms in total. The normalized spacial score (nSPS) is 0.800. The van der Waals surface area contributed by atoms with Crippen LogP contribution in [0.2, 0.25) is 0 Å². The van der Waals surface area contributed by atoms with E-state index >= 15 is 0 Å². The maximum absolute atomic E-state index is 8.00. The molecule has 0 bridgehead atoms. The Hall–Kier alpha value is 1.15. The van der Waals surface area contributed by atoms with Gasteiger partial charge < -0.3 is 9.07 Å². The van der Waals surface area contributed by atoms with Gasteiger partial charge in [-0.1, -0.05) is 0 Å². The molecule has 2 unspecified atom stereocenters. The van der Waals surface area contributed by atoms with Crippen molar-refractivity contribution in [2.45, 2.75) is 0 Å². The second kappa shape index (κ2) is 66.8. The Morgan fingerprint density at radius 1 is 1.20 bits per heavy atom. The van der Waals surface area contributed by atoms with Crippen LogP contribution in [0, 0.1) is 0 Å². The molecule has 0 N–H and O–H groups in total. The fourth-order valence-electron chi connectivity index (χ4n) is 0. The minimum Gasteiger partial charge on any atom is -1.00 e. The van der Waals surface area contributed by atoms with Crippen LogP contribution in [0.3, 0.4) is 0 Å². The van der Waals surface area contributed by atoms with Crippen LogP contribution in [-0.2, 0) is 24.3 Å². The molecule has 0 spiro atoms. The first kappa shape index (κ1) is 35.2. The van der Waals surface area contributed by atoms with Crippen molar-refractivity contribution in [1.29, 1.82) is 0 Å². The van der Waals surface area contributed by atoms with Crippen molar-refractivity contribution in [3.63, 3.8) is 0 Å². The van der Waals surface area contributed by atoms with Crippen LogP contribution in [0.25, 0.3) is 0 Å². The van der Waals surface area contributed by atoms with Crippen LogP contribution < -0.4 is 0 Å². The Balaban J connectivity index is -0.000000000333. The molecule has 0 fully saturated rings. The third kappa shape index (κ3) is 38.5. The summed E-state index contributed by atoms with van der Waals surface area (Å²) in [5, 5.41) is 0. The molecule has 0 aromatic carbocycles. The summed E-state index contributed by atoms with van der Waals surface area (Å²) >= 11 is 0. The Kier molecular flexibility index (Phi) is 471. The van der Waals surface area contributed by atoms with Gasteiger partial charge in [-0.25, -0.2) is 0 Å². The molecular formula is CH11OP2Rh. The van der Waals surface area contributed by atoms with E-state index in [1.807, 2.05) is 6.79 Å². The van der Waals surface area contributed by atoms with E-state index in [0.29, 0.717) is 0 Å². The number of hydrogen-bond acceptors (Lipinski definition) is 1. The molecular weight excluding hydrogens is 193 g/mol. The summed E-state index contributed by atoms with van der Waals surface area (Å²) in [6.07, 6.45) is 0. The Labute approximate surface area is 55.7 Å². The average Bonchev–Trinajstić information content (AvgIpc) is 1.00. The standard InChI is InChI=1S/CH2O.2H3P.Rh.3H/c1-2;;;;;;/h1H2;2*1H3;;;;/q;;;+3;3*-1. The Morgan fingerprint density at radius 3 is 1.20 bits per heavy atom. The summed E-state index contributed by atoms with van der Waals surface area (Å²) in [4.78, 5) is 8.00. The van der Waals surface area contributed by atoms with Gasteiger partial charge in [-0.2, -0.15) is 19.8 Å². The van der Waals surface area contributed by atoms with Gasteiger partial charge in [0.15, 0.2) is 0 Å². The summed E-state index contributed by atoms with van der Waals surface area (Å²) < 4.78 is 0. The van der Waals surface area contributed by atoms with Crippen LogP contribution in [0.15, 0.2) is 0 Å². The third-order valence-electron chi connectivity index (χ3n) is 0. The predicted molar refractivity (Wildman–Crippen MR) is 32.7 cm³/mol. The smallest absolute Gasteiger partial charge is 1.00 e. The number of hydrogen-bond donors (Lipinski definition) is 0. The van der Waals surface area contributed by atoms with E-state index in [-0.39, 0.29) is 43.6 Å². The maximum Gasteiger partial charge on any atom is 3.00 e. The zero-order valence-corrected chi connectivity index (χ0v) is 7.33. The summed E-state index contributed by atoms with van der Waals surface area (Å²) in [5.74, 6) is 0. The zero-order valence-electron chi connectivity index (χ0n) is 5.86. The number of carbonyl (C=O) groups is 1. The molecule has 0 aliphatic carbocycles. The van der Waals surface area contributed by atoms with Crippen LogP contribution in [0.4, 0.5) is 0 Å². The first-order chi connectivity index (χ1) is 1.00. The SMILES string of the molecule is C=O.P.P.[H-].[H-].[H-].[Rh+3]. The monoisotopic (exact) mass is 204 g/mol. The van der Waals surface area contributed by atoms with E-state index in [0.717, 1.165) is 0 Å². The van der Waals surface area contributed by atoms with Crippen LogP contribution in [-0.4, -0.2) is 6.79 Å². The molecule has 2 atom stereocenters.